The van der Waals surface area contributed by atoms with Crippen molar-refractivity contribution in [3.63, 3.8) is 0 Å². The lowest BCUT2D eigenvalue weighted by Gasteiger charge is -2.47. The van der Waals surface area contributed by atoms with E-state index >= 15 is 0 Å². The Morgan fingerprint density at radius 3 is 2.33 bits per heavy atom. The maximum Gasteiger partial charge on any atom is 0.205 e. The molecule has 3 rings (SSSR count). The minimum absolute atomic E-state index is 0.00218. The summed E-state index contributed by atoms with van der Waals surface area (Å²) in [4.78, 5) is 13.0. The van der Waals surface area contributed by atoms with Crippen molar-refractivity contribution >= 4 is 34.3 Å². The molecule has 1 unspecified atom stereocenters. The lowest BCUT2D eigenvalue weighted by Crippen LogP contribution is -2.51. The molecule has 0 bridgehead atoms. The number of fused-ring (bicyclic) bond motifs is 1. The molecule has 4 atom stereocenters. The van der Waals surface area contributed by atoms with Gasteiger partial charge in [-0.2, -0.15) is 0 Å². The van der Waals surface area contributed by atoms with Gasteiger partial charge in [-0.05, 0) is 43.1 Å². The first kappa shape index (κ1) is 26.1. The first-order chi connectivity index (χ1) is 15.1. The summed E-state index contributed by atoms with van der Waals surface area (Å²) in [7, 11) is -2.88. The lowest BCUT2D eigenvalue weighted by molar-refractivity contribution is -0.0129. The molecule has 9 heteroatoms. The summed E-state index contributed by atoms with van der Waals surface area (Å²) in [6.45, 7) is 22.8. The van der Waals surface area contributed by atoms with Crippen molar-refractivity contribution in [2.45, 2.75) is 97.4 Å². The Morgan fingerprint density at radius 1 is 1.09 bits per heavy atom. The summed E-state index contributed by atoms with van der Waals surface area (Å²) in [6, 6.07) is 0.0870. The average Bonchev–Trinajstić information content (AvgIpc) is 3.10. The number of aromatic nitrogens is 4. The number of allylic oxidation sites excluding steroid dienone is 1. The van der Waals surface area contributed by atoms with E-state index in [1.807, 2.05) is 6.33 Å². The van der Waals surface area contributed by atoms with Gasteiger partial charge in [0, 0.05) is 5.92 Å². The molecule has 0 aromatic carbocycles. The van der Waals surface area contributed by atoms with Crippen LogP contribution in [0.25, 0.3) is 11.2 Å². The molecular formula is C24H42N5O2Si2. The Hall–Kier alpha value is -1.56. The van der Waals surface area contributed by atoms with Gasteiger partial charge in [-0.15, -0.1) is 0 Å². The summed E-state index contributed by atoms with van der Waals surface area (Å²) < 4.78 is 15.8. The van der Waals surface area contributed by atoms with Crippen LogP contribution in [0.2, 0.25) is 31.2 Å². The fourth-order valence-corrected chi connectivity index (χ4v) is 6.62. The molecule has 0 amide bonds. The van der Waals surface area contributed by atoms with Gasteiger partial charge in [0.25, 0.3) is 0 Å². The number of rotatable bonds is 6. The molecule has 2 aromatic heterocycles. The zero-order valence-corrected chi connectivity index (χ0v) is 24.0. The number of nitrogens with two attached hydrogens (primary N) is 1. The van der Waals surface area contributed by atoms with Crippen LogP contribution in [0.15, 0.2) is 24.8 Å². The molecule has 0 fully saturated rings. The smallest absolute Gasteiger partial charge is 0.205 e. The third-order valence-electron chi connectivity index (χ3n) is 7.02. The van der Waals surface area contributed by atoms with Gasteiger partial charge in [0.05, 0.1) is 24.6 Å². The fraction of sp³-hybridized carbons (Fsp3) is 0.708. The third-order valence-corrected chi connectivity index (χ3v) is 12.3. The Morgan fingerprint density at radius 2 is 1.76 bits per heavy atom. The molecular weight excluding hydrogens is 446 g/mol. The topological polar surface area (TPSA) is 88.1 Å². The van der Waals surface area contributed by atoms with Gasteiger partial charge in [-0.3, -0.25) is 0 Å². The summed E-state index contributed by atoms with van der Waals surface area (Å²) in [6.07, 6.45) is 8.90. The van der Waals surface area contributed by atoms with E-state index in [1.54, 1.807) is 0 Å². The van der Waals surface area contributed by atoms with E-state index in [9.17, 15) is 0 Å². The van der Waals surface area contributed by atoms with E-state index in [0.29, 0.717) is 11.3 Å². The summed E-state index contributed by atoms with van der Waals surface area (Å²) in [5.41, 5.74) is 7.45. The molecule has 183 valence electrons. The van der Waals surface area contributed by atoms with Crippen molar-refractivity contribution in [2.75, 3.05) is 5.73 Å². The summed E-state index contributed by atoms with van der Waals surface area (Å²) in [5, 5.41) is 0.125. The number of hydrogen-bond acceptors (Lipinski definition) is 6. The molecule has 7 nitrogen and oxygen atoms in total. The van der Waals surface area contributed by atoms with Gasteiger partial charge in [-0.25, -0.2) is 15.0 Å². The van der Waals surface area contributed by atoms with E-state index in [0.717, 1.165) is 12.1 Å². The van der Waals surface area contributed by atoms with Crippen LogP contribution in [0.1, 0.15) is 54.0 Å². The summed E-state index contributed by atoms with van der Waals surface area (Å²) in [5.74, 6) is 0.594. The van der Waals surface area contributed by atoms with Gasteiger partial charge >= 0.3 is 0 Å². The third kappa shape index (κ3) is 5.58. The minimum Gasteiger partial charge on any atom is -0.413 e. The van der Waals surface area contributed by atoms with Crippen molar-refractivity contribution in [3.8, 4) is 0 Å². The maximum atomic E-state index is 7.11. The molecule has 1 aliphatic rings. The molecule has 33 heavy (non-hydrogen) atoms. The predicted molar refractivity (Wildman–Crippen MR) is 140 cm³/mol. The highest BCUT2D eigenvalue weighted by Gasteiger charge is 2.45. The van der Waals surface area contributed by atoms with Crippen LogP contribution in [0.4, 0.5) is 5.82 Å². The Bertz CT molecular complexity index is 991. The van der Waals surface area contributed by atoms with E-state index in [2.05, 4.69) is 99.4 Å². The van der Waals surface area contributed by atoms with Crippen molar-refractivity contribution in [3.05, 3.63) is 24.8 Å². The van der Waals surface area contributed by atoms with E-state index < -0.39 is 17.4 Å². The molecule has 2 N–H and O–H groups in total. The normalized spacial score (nSPS) is 23.4. The Labute approximate surface area is 202 Å². The van der Waals surface area contributed by atoms with Crippen LogP contribution in [-0.4, -0.2) is 49.1 Å². The minimum atomic E-state index is -2.01. The lowest BCUT2D eigenvalue weighted by atomic mass is 9.75. The van der Waals surface area contributed by atoms with E-state index in [-0.39, 0.29) is 34.6 Å². The standard InChI is InChI=1S/C24H42N5O2Si2/c1-23(2,3)20(30-32(7)8)17-12-11-16(13-18(17)31-33(9,10)24(4,5)6)29-15-28-19-21(25)26-14-27-22(19)29/h11-12,14-18,20H,13H2,1-10H3,(H2,25,26,27)/t16-,17-,18+,20?/m1/s1. The largest absolute Gasteiger partial charge is 0.413 e. The predicted octanol–water partition coefficient (Wildman–Crippen LogP) is 5.60. The van der Waals surface area contributed by atoms with Crippen molar-refractivity contribution < 1.29 is 8.85 Å². The zero-order valence-electron chi connectivity index (χ0n) is 22.0. The van der Waals surface area contributed by atoms with E-state index in [1.165, 1.54) is 6.33 Å². The molecule has 0 aliphatic heterocycles. The number of imidazole rings is 1. The van der Waals surface area contributed by atoms with E-state index in [4.69, 9.17) is 14.6 Å². The SMILES string of the molecule is C[Si](C)OC([C@@H]1C=C[C@@H](n2cnc3c(N)ncnc32)C[C@@H]1O[Si](C)(C)C(C)(C)C)C(C)(C)C. The molecule has 0 saturated heterocycles. The molecule has 2 aromatic rings. The van der Waals surface area contributed by atoms with Crippen molar-refractivity contribution in [1.29, 1.82) is 0 Å². The Balaban J connectivity index is 2.03. The number of anilines is 1. The number of nitrogens with zero attached hydrogens (tertiary/aromatic N) is 4. The first-order valence-electron chi connectivity index (χ1n) is 11.9. The molecule has 2 heterocycles. The maximum absolute atomic E-state index is 7.11. The Kier molecular flexibility index (Phi) is 7.30. The summed E-state index contributed by atoms with van der Waals surface area (Å²) >= 11 is 0. The van der Waals surface area contributed by atoms with Gasteiger partial charge in [0.2, 0.25) is 9.04 Å². The second-order valence-corrected chi connectivity index (χ2v) is 18.9. The number of nitrogen functional groups attached to an aromatic ring is 1. The van der Waals surface area contributed by atoms with Crippen LogP contribution in [0, 0.1) is 11.3 Å². The van der Waals surface area contributed by atoms with Gasteiger partial charge in [-0.1, -0.05) is 53.7 Å². The molecule has 1 aliphatic carbocycles. The zero-order chi connectivity index (χ0) is 24.8. The quantitative estimate of drug-likeness (QED) is 0.421. The van der Waals surface area contributed by atoms with Crippen molar-refractivity contribution in [1.82, 2.24) is 19.5 Å². The second kappa shape index (κ2) is 9.24. The molecule has 0 spiro atoms. The first-order valence-corrected chi connectivity index (χ1v) is 17.2. The molecule has 1 radical (unpaired) electrons. The highest BCUT2D eigenvalue weighted by Crippen LogP contribution is 2.44. The van der Waals surface area contributed by atoms with Crippen LogP contribution in [-0.2, 0) is 8.85 Å². The second-order valence-electron chi connectivity index (χ2n) is 12.1. The van der Waals surface area contributed by atoms with Crippen LogP contribution >= 0.6 is 0 Å². The highest BCUT2D eigenvalue weighted by atomic mass is 28.4. The van der Waals surface area contributed by atoms with Gasteiger partial charge in [0.15, 0.2) is 19.8 Å². The fourth-order valence-electron chi connectivity index (χ4n) is 4.24. The number of hydrogen-bond donors (Lipinski definition) is 1. The van der Waals surface area contributed by atoms with Crippen LogP contribution in [0.5, 0.6) is 0 Å². The highest BCUT2D eigenvalue weighted by molar-refractivity contribution is 6.74. The van der Waals surface area contributed by atoms with Gasteiger partial charge in [0.1, 0.15) is 11.8 Å². The average molecular weight is 489 g/mol. The monoisotopic (exact) mass is 488 g/mol. The van der Waals surface area contributed by atoms with Crippen LogP contribution in [0.3, 0.4) is 0 Å². The van der Waals surface area contributed by atoms with Crippen molar-refractivity contribution in [2.24, 2.45) is 11.3 Å². The molecule has 0 saturated carbocycles. The van der Waals surface area contributed by atoms with Crippen LogP contribution < -0.4 is 5.73 Å². The van der Waals surface area contributed by atoms with Gasteiger partial charge < -0.3 is 19.2 Å².